The van der Waals surface area contributed by atoms with Gasteiger partial charge in [0.05, 0.1) is 17.3 Å². The highest BCUT2D eigenvalue weighted by molar-refractivity contribution is 9.10. The van der Waals surface area contributed by atoms with Crippen LogP contribution in [-0.4, -0.2) is 15.9 Å². The van der Waals surface area contributed by atoms with E-state index in [4.69, 9.17) is 0 Å². The molecule has 0 aromatic carbocycles. The largest absolute Gasteiger partial charge is 0.344 e. The van der Waals surface area contributed by atoms with Gasteiger partial charge in [0.15, 0.2) is 0 Å². The molecule has 2 aromatic heterocycles. The molecule has 0 aliphatic heterocycles. The standard InChI is InChI=1S/C13H12BrN3O/c1-9(12-4-2-3-5-16-12)17-13(18)10-6-11(14)8-15-7-10/h2-9H,1H3,(H,17,18)/t9-/m0/s1. The maximum Gasteiger partial charge on any atom is 0.253 e. The van der Waals surface area contributed by atoms with Crippen LogP contribution in [-0.2, 0) is 0 Å². The summed E-state index contributed by atoms with van der Waals surface area (Å²) in [6.45, 7) is 1.89. The number of nitrogens with one attached hydrogen (secondary N) is 1. The summed E-state index contributed by atoms with van der Waals surface area (Å²) in [4.78, 5) is 20.1. The first kappa shape index (κ1) is 12.7. The minimum absolute atomic E-state index is 0.141. The van der Waals surface area contributed by atoms with Crippen molar-refractivity contribution in [2.24, 2.45) is 0 Å². The molecule has 0 aliphatic rings. The molecule has 0 aliphatic carbocycles. The number of carbonyl (C=O) groups excluding carboxylic acids is 1. The molecule has 0 saturated carbocycles. The van der Waals surface area contributed by atoms with E-state index < -0.39 is 0 Å². The SMILES string of the molecule is C[C@H](NC(=O)c1cncc(Br)c1)c1ccccn1. The van der Waals surface area contributed by atoms with Crippen molar-refractivity contribution >= 4 is 21.8 Å². The molecule has 4 nitrogen and oxygen atoms in total. The Hall–Kier alpha value is -1.75. The third-order valence-electron chi connectivity index (χ3n) is 2.45. The van der Waals surface area contributed by atoms with E-state index in [1.54, 1.807) is 18.5 Å². The predicted molar refractivity (Wildman–Crippen MR) is 72.1 cm³/mol. The summed E-state index contributed by atoms with van der Waals surface area (Å²) in [7, 11) is 0. The Morgan fingerprint density at radius 2 is 2.22 bits per heavy atom. The Kier molecular flexibility index (Phi) is 4.04. The van der Waals surface area contributed by atoms with Gasteiger partial charge in [-0.15, -0.1) is 0 Å². The number of aromatic nitrogens is 2. The van der Waals surface area contributed by atoms with E-state index in [1.165, 1.54) is 6.20 Å². The minimum Gasteiger partial charge on any atom is -0.344 e. The second-order valence-corrected chi connectivity index (χ2v) is 4.76. The summed E-state index contributed by atoms with van der Waals surface area (Å²) in [6.07, 6.45) is 4.88. The number of amides is 1. The number of nitrogens with zero attached hydrogens (tertiary/aromatic N) is 2. The topological polar surface area (TPSA) is 54.9 Å². The van der Waals surface area contributed by atoms with Gasteiger partial charge in [-0.3, -0.25) is 14.8 Å². The third kappa shape index (κ3) is 3.13. The van der Waals surface area contributed by atoms with Crippen molar-refractivity contribution in [1.82, 2.24) is 15.3 Å². The molecule has 0 spiro atoms. The first-order valence-corrected chi connectivity index (χ1v) is 6.28. The molecule has 18 heavy (non-hydrogen) atoms. The van der Waals surface area contributed by atoms with Crippen LogP contribution in [0.15, 0.2) is 47.3 Å². The van der Waals surface area contributed by atoms with Gasteiger partial charge in [-0.05, 0) is 41.1 Å². The Labute approximate surface area is 114 Å². The van der Waals surface area contributed by atoms with Gasteiger partial charge in [-0.25, -0.2) is 0 Å². The molecule has 2 rings (SSSR count). The number of hydrogen-bond donors (Lipinski definition) is 1. The number of rotatable bonds is 3. The summed E-state index contributed by atoms with van der Waals surface area (Å²) in [5.74, 6) is -0.165. The van der Waals surface area contributed by atoms with E-state index in [9.17, 15) is 4.79 Å². The third-order valence-corrected chi connectivity index (χ3v) is 2.88. The van der Waals surface area contributed by atoms with Crippen molar-refractivity contribution in [2.75, 3.05) is 0 Å². The molecular formula is C13H12BrN3O. The average molecular weight is 306 g/mol. The lowest BCUT2D eigenvalue weighted by Crippen LogP contribution is -2.27. The molecule has 1 N–H and O–H groups in total. The molecule has 0 saturated heterocycles. The fourth-order valence-electron chi connectivity index (χ4n) is 1.52. The van der Waals surface area contributed by atoms with Crippen LogP contribution in [0.25, 0.3) is 0 Å². The molecule has 1 atom stereocenters. The van der Waals surface area contributed by atoms with Crippen LogP contribution < -0.4 is 5.32 Å². The second-order valence-electron chi connectivity index (χ2n) is 3.84. The maximum atomic E-state index is 12.0. The van der Waals surface area contributed by atoms with Crippen LogP contribution in [0.2, 0.25) is 0 Å². The summed E-state index contributed by atoms with van der Waals surface area (Å²) in [5.41, 5.74) is 1.35. The first-order chi connectivity index (χ1) is 8.66. The van der Waals surface area contributed by atoms with Crippen LogP contribution in [0.1, 0.15) is 29.0 Å². The van der Waals surface area contributed by atoms with Crippen LogP contribution >= 0.6 is 15.9 Å². The maximum absolute atomic E-state index is 12.0. The molecule has 1 amide bonds. The Balaban J connectivity index is 2.08. The Morgan fingerprint density at radius 3 is 2.89 bits per heavy atom. The lowest BCUT2D eigenvalue weighted by atomic mass is 10.2. The zero-order valence-corrected chi connectivity index (χ0v) is 11.4. The Bertz CT molecular complexity index is 545. The highest BCUT2D eigenvalue weighted by Gasteiger charge is 2.12. The summed E-state index contributed by atoms with van der Waals surface area (Å²) in [5, 5.41) is 2.88. The van der Waals surface area contributed by atoms with Crippen molar-refractivity contribution in [3.63, 3.8) is 0 Å². The zero-order valence-electron chi connectivity index (χ0n) is 9.80. The number of pyridine rings is 2. The number of hydrogen-bond acceptors (Lipinski definition) is 3. The highest BCUT2D eigenvalue weighted by atomic mass is 79.9. The van der Waals surface area contributed by atoms with E-state index >= 15 is 0 Å². The number of carbonyl (C=O) groups is 1. The summed E-state index contributed by atoms with van der Waals surface area (Å²) in [6, 6.07) is 7.21. The van der Waals surface area contributed by atoms with Crippen molar-refractivity contribution < 1.29 is 4.79 Å². The van der Waals surface area contributed by atoms with Crippen molar-refractivity contribution in [3.8, 4) is 0 Å². The van der Waals surface area contributed by atoms with Gasteiger partial charge in [0.25, 0.3) is 5.91 Å². The van der Waals surface area contributed by atoms with Gasteiger partial charge in [0.1, 0.15) is 0 Å². The van der Waals surface area contributed by atoms with Crippen LogP contribution in [0.5, 0.6) is 0 Å². The molecular weight excluding hydrogens is 294 g/mol. The van der Waals surface area contributed by atoms with E-state index in [0.29, 0.717) is 5.56 Å². The smallest absolute Gasteiger partial charge is 0.253 e. The van der Waals surface area contributed by atoms with Gasteiger partial charge in [-0.2, -0.15) is 0 Å². The zero-order chi connectivity index (χ0) is 13.0. The molecule has 92 valence electrons. The van der Waals surface area contributed by atoms with Gasteiger partial charge in [-0.1, -0.05) is 6.07 Å². The quantitative estimate of drug-likeness (QED) is 0.948. The lowest BCUT2D eigenvalue weighted by Gasteiger charge is -2.13. The van der Waals surface area contributed by atoms with Crippen molar-refractivity contribution in [3.05, 3.63) is 58.6 Å². The Morgan fingerprint density at radius 1 is 1.39 bits per heavy atom. The molecule has 2 heterocycles. The van der Waals surface area contributed by atoms with Crippen LogP contribution in [0.4, 0.5) is 0 Å². The molecule has 0 fully saturated rings. The normalized spacial score (nSPS) is 11.9. The van der Waals surface area contributed by atoms with Gasteiger partial charge >= 0.3 is 0 Å². The second kappa shape index (κ2) is 5.73. The summed E-state index contributed by atoms with van der Waals surface area (Å²) < 4.78 is 0.778. The highest BCUT2D eigenvalue weighted by Crippen LogP contribution is 2.12. The van der Waals surface area contributed by atoms with Crippen molar-refractivity contribution in [1.29, 1.82) is 0 Å². The fraction of sp³-hybridized carbons (Fsp3) is 0.154. The molecule has 5 heteroatoms. The minimum atomic E-state index is -0.165. The molecule has 0 radical (unpaired) electrons. The van der Waals surface area contributed by atoms with Crippen LogP contribution in [0, 0.1) is 0 Å². The molecule has 0 bridgehead atoms. The van der Waals surface area contributed by atoms with Crippen LogP contribution in [0.3, 0.4) is 0 Å². The summed E-state index contributed by atoms with van der Waals surface area (Å²) >= 11 is 3.29. The van der Waals surface area contributed by atoms with E-state index in [1.807, 2.05) is 25.1 Å². The molecule has 0 unspecified atom stereocenters. The van der Waals surface area contributed by atoms with Crippen molar-refractivity contribution in [2.45, 2.75) is 13.0 Å². The van der Waals surface area contributed by atoms with Gasteiger partial charge in [0.2, 0.25) is 0 Å². The lowest BCUT2D eigenvalue weighted by molar-refractivity contribution is 0.0938. The predicted octanol–water partition coefficient (Wildman–Crippen LogP) is 2.73. The van der Waals surface area contributed by atoms with Gasteiger partial charge in [0, 0.05) is 23.1 Å². The van der Waals surface area contributed by atoms with E-state index in [-0.39, 0.29) is 11.9 Å². The van der Waals surface area contributed by atoms with E-state index in [0.717, 1.165) is 10.2 Å². The van der Waals surface area contributed by atoms with E-state index in [2.05, 4.69) is 31.2 Å². The fourth-order valence-corrected chi connectivity index (χ4v) is 1.89. The first-order valence-electron chi connectivity index (χ1n) is 5.49. The number of halogens is 1. The van der Waals surface area contributed by atoms with Gasteiger partial charge < -0.3 is 5.32 Å². The monoisotopic (exact) mass is 305 g/mol. The average Bonchev–Trinajstić information content (AvgIpc) is 2.39. The molecule has 2 aromatic rings.